The molecule has 1 saturated carbocycles. The van der Waals surface area contributed by atoms with Gasteiger partial charge >= 0.3 is 0 Å². The number of hydrogen-bond donors (Lipinski definition) is 2. The van der Waals surface area contributed by atoms with E-state index in [9.17, 15) is 14.0 Å². The van der Waals surface area contributed by atoms with E-state index >= 15 is 0 Å². The largest absolute Gasteiger partial charge is 0.352 e. The van der Waals surface area contributed by atoms with Gasteiger partial charge in [0.05, 0.1) is 16.2 Å². The summed E-state index contributed by atoms with van der Waals surface area (Å²) in [6.45, 7) is 1.76. The molecule has 1 heterocycles. The van der Waals surface area contributed by atoms with Gasteiger partial charge < -0.3 is 10.3 Å². The molecule has 5 nitrogen and oxygen atoms in total. The number of fused-ring (bicyclic) bond motifs is 1. The maximum Gasteiger partial charge on any atom is 0.259 e. The van der Waals surface area contributed by atoms with Crippen LogP contribution in [0, 0.1) is 5.82 Å². The standard InChI is InChI=1S/C14H14FN3O2S/c1-7(12(19)16-9-3-4-9)21-14-17-11-5-2-8(15)6-10(11)13(20)18-14/h2,5-7,9H,3-4H2,1H3,(H,16,19)(H,17,18,20)/t7-/m1/s1. The molecular formula is C14H14FN3O2S. The number of benzene rings is 1. The molecule has 0 bridgehead atoms. The minimum Gasteiger partial charge on any atom is -0.352 e. The number of carbonyl (C=O) groups excluding carboxylic acids is 1. The van der Waals surface area contributed by atoms with Gasteiger partial charge in [0.25, 0.3) is 5.56 Å². The van der Waals surface area contributed by atoms with E-state index in [1.807, 2.05) is 0 Å². The van der Waals surface area contributed by atoms with Crippen molar-refractivity contribution in [3.05, 3.63) is 34.4 Å². The summed E-state index contributed by atoms with van der Waals surface area (Å²) in [6.07, 6.45) is 2.06. The number of halogens is 1. The van der Waals surface area contributed by atoms with Crippen molar-refractivity contribution in [1.29, 1.82) is 0 Å². The maximum atomic E-state index is 13.1. The molecule has 2 N–H and O–H groups in total. The fraction of sp³-hybridized carbons (Fsp3) is 0.357. The van der Waals surface area contributed by atoms with Gasteiger partial charge in [0, 0.05) is 6.04 Å². The van der Waals surface area contributed by atoms with Crippen molar-refractivity contribution in [2.45, 2.75) is 36.2 Å². The van der Waals surface area contributed by atoms with Crippen LogP contribution in [0.15, 0.2) is 28.2 Å². The molecule has 1 atom stereocenters. The van der Waals surface area contributed by atoms with Crippen LogP contribution in [0.3, 0.4) is 0 Å². The van der Waals surface area contributed by atoms with E-state index in [1.54, 1.807) is 6.92 Å². The van der Waals surface area contributed by atoms with Crippen molar-refractivity contribution in [3.63, 3.8) is 0 Å². The normalized spacial score (nSPS) is 15.9. The first-order valence-corrected chi connectivity index (χ1v) is 7.57. The zero-order valence-electron chi connectivity index (χ0n) is 11.4. The number of aromatic nitrogens is 2. The van der Waals surface area contributed by atoms with Crippen LogP contribution in [0.1, 0.15) is 19.8 Å². The van der Waals surface area contributed by atoms with Gasteiger partial charge in [-0.1, -0.05) is 11.8 Å². The molecule has 1 aliphatic rings. The Bertz CT molecular complexity index is 757. The summed E-state index contributed by atoms with van der Waals surface area (Å²) < 4.78 is 13.1. The molecular weight excluding hydrogens is 293 g/mol. The van der Waals surface area contributed by atoms with Crippen LogP contribution < -0.4 is 10.9 Å². The van der Waals surface area contributed by atoms with E-state index in [0.29, 0.717) is 16.7 Å². The van der Waals surface area contributed by atoms with Crippen molar-refractivity contribution in [2.24, 2.45) is 0 Å². The zero-order valence-corrected chi connectivity index (χ0v) is 12.2. The van der Waals surface area contributed by atoms with Gasteiger partial charge in [-0.15, -0.1) is 0 Å². The summed E-state index contributed by atoms with van der Waals surface area (Å²) in [5.74, 6) is -0.545. The molecule has 0 aliphatic heterocycles. The molecule has 1 aliphatic carbocycles. The van der Waals surface area contributed by atoms with Crippen molar-refractivity contribution >= 4 is 28.6 Å². The third kappa shape index (κ3) is 3.24. The lowest BCUT2D eigenvalue weighted by Gasteiger charge is -2.10. The average Bonchev–Trinajstić information content (AvgIpc) is 3.23. The SMILES string of the molecule is C[C@@H](Sc1nc2ccc(F)cc2c(=O)[nH]1)C(=O)NC1CC1. The van der Waals surface area contributed by atoms with Crippen molar-refractivity contribution in [3.8, 4) is 0 Å². The average molecular weight is 307 g/mol. The van der Waals surface area contributed by atoms with Crippen molar-refractivity contribution in [1.82, 2.24) is 15.3 Å². The zero-order chi connectivity index (χ0) is 15.0. The Hall–Kier alpha value is -1.89. The fourth-order valence-electron chi connectivity index (χ4n) is 1.91. The van der Waals surface area contributed by atoms with Gasteiger partial charge in [-0.3, -0.25) is 9.59 Å². The second-order valence-corrected chi connectivity index (χ2v) is 6.41. The van der Waals surface area contributed by atoms with E-state index in [4.69, 9.17) is 0 Å². The maximum absolute atomic E-state index is 13.1. The summed E-state index contributed by atoms with van der Waals surface area (Å²) in [6, 6.07) is 4.16. The number of hydrogen-bond acceptors (Lipinski definition) is 4. The summed E-state index contributed by atoms with van der Waals surface area (Å²) in [4.78, 5) is 30.6. The molecule has 1 aromatic carbocycles. The third-order valence-electron chi connectivity index (χ3n) is 3.23. The predicted molar refractivity (Wildman–Crippen MR) is 78.8 cm³/mol. The molecule has 0 unspecified atom stereocenters. The highest BCUT2D eigenvalue weighted by atomic mass is 32.2. The number of aromatic amines is 1. The molecule has 7 heteroatoms. The number of nitrogens with zero attached hydrogens (tertiary/aromatic N) is 1. The Kier molecular flexibility index (Phi) is 3.67. The van der Waals surface area contributed by atoms with Gasteiger partial charge in [-0.2, -0.15) is 0 Å². The highest BCUT2D eigenvalue weighted by molar-refractivity contribution is 8.00. The van der Waals surface area contributed by atoms with Crippen molar-refractivity contribution < 1.29 is 9.18 Å². The second-order valence-electron chi connectivity index (χ2n) is 5.08. The van der Waals surface area contributed by atoms with Crippen LogP contribution in [-0.2, 0) is 4.79 Å². The molecule has 0 saturated heterocycles. The predicted octanol–water partition coefficient (Wildman–Crippen LogP) is 1.82. The van der Waals surface area contributed by atoms with Crippen LogP contribution in [-0.4, -0.2) is 27.2 Å². The van der Waals surface area contributed by atoms with Crippen molar-refractivity contribution in [2.75, 3.05) is 0 Å². The van der Waals surface area contributed by atoms with E-state index < -0.39 is 11.4 Å². The molecule has 1 fully saturated rings. The van der Waals surface area contributed by atoms with Crippen LogP contribution in [0.4, 0.5) is 4.39 Å². The summed E-state index contributed by atoms with van der Waals surface area (Å²) in [7, 11) is 0. The number of H-pyrrole nitrogens is 1. The first-order chi connectivity index (χ1) is 10.0. The number of nitrogens with one attached hydrogen (secondary N) is 2. The number of carbonyl (C=O) groups is 1. The Balaban J connectivity index is 1.82. The molecule has 2 aromatic rings. The summed E-state index contributed by atoms with van der Waals surface area (Å²) >= 11 is 1.18. The van der Waals surface area contributed by atoms with E-state index in [1.165, 1.54) is 23.9 Å². The monoisotopic (exact) mass is 307 g/mol. The second kappa shape index (κ2) is 5.48. The molecule has 1 amide bonds. The Morgan fingerprint density at radius 3 is 3.00 bits per heavy atom. The lowest BCUT2D eigenvalue weighted by Crippen LogP contribution is -2.32. The summed E-state index contributed by atoms with van der Waals surface area (Å²) in [5.41, 5.74) is 0.00857. The lowest BCUT2D eigenvalue weighted by atomic mass is 10.2. The van der Waals surface area contributed by atoms with Crippen LogP contribution >= 0.6 is 11.8 Å². The molecule has 21 heavy (non-hydrogen) atoms. The van der Waals surface area contributed by atoms with E-state index in [-0.39, 0.29) is 16.5 Å². The van der Waals surface area contributed by atoms with Gasteiger partial charge in [-0.25, -0.2) is 9.37 Å². The highest BCUT2D eigenvalue weighted by Gasteiger charge is 2.26. The fourth-order valence-corrected chi connectivity index (χ4v) is 2.73. The van der Waals surface area contributed by atoms with Gasteiger partial charge in [0.15, 0.2) is 5.16 Å². The number of thioether (sulfide) groups is 1. The first kappa shape index (κ1) is 14.1. The molecule has 110 valence electrons. The van der Waals surface area contributed by atoms with E-state index in [2.05, 4.69) is 15.3 Å². The molecule has 0 spiro atoms. The van der Waals surface area contributed by atoms with Gasteiger partial charge in [-0.05, 0) is 38.0 Å². The molecule has 3 rings (SSSR count). The van der Waals surface area contributed by atoms with Crippen LogP contribution in [0.25, 0.3) is 10.9 Å². The summed E-state index contributed by atoms with van der Waals surface area (Å²) in [5, 5.41) is 3.11. The van der Waals surface area contributed by atoms with Gasteiger partial charge in [0.1, 0.15) is 5.82 Å². The minimum atomic E-state index is -0.479. The number of rotatable bonds is 4. The van der Waals surface area contributed by atoms with Crippen LogP contribution in [0.5, 0.6) is 0 Å². The quantitative estimate of drug-likeness (QED) is 0.667. The molecule has 0 radical (unpaired) electrons. The Morgan fingerprint density at radius 2 is 2.29 bits per heavy atom. The van der Waals surface area contributed by atoms with Crippen LogP contribution in [0.2, 0.25) is 0 Å². The topological polar surface area (TPSA) is 74.8 Å². The minimum absolute atomic E-state index is 0.0654. The Labute approximate surface area is 124 Å². The molecule has 1 aromatic heterocycles. The first-order valence-electron chi connectivity index (χ1n) is 6.69. The Morgan fingerprint density at radius 1 is 1.52 bits per heavy atom. The third-order valence-corrected chi connectivity index (χ3v) is 4.21. The van der Waals surface area contributed by atoms with E-state index in [0.717, 1.165) is 18.9 Å². The smallest absolute Gasteiger partial charge is 0.259 e. The lowest BCUT2D eigenvalue weighted by molar-refractivity contribution is -0.120. The number of amides is 1. The highest BCUT2D eigenvalue weighted by Crippen LogP contribution is 2.23. The van der Waals surface area contributed by atoms with Gasteiger partial charge in [0.2, 0.25) is 5.91 Å².